The van der Waals surface area contributed by atoms with E-state index in [2.05, 4.69) is 27.9 Å². The van der Waals surface area contributed by atoms with Crippen molar-refractivity contribution in [3.63, 3.8) is 0 Å². The Morgan fingerprint density at radius 1 is 1.45 bits per heavy atom. The molecule has 0 aliphatic carbocycles. The molecular weight excluding hydrogens is 322 g/mol. The van der Waals surface area contributed by atoms with Crippen LogP contribution in [0.4, 0.5) is 5.82 Å². The van der Waals surface area contributed by atoms with Crippen LogP contribution in [0.1, 0.15) is 24.6 Å². The average Bonchev–Trinajstić information content (AvgIpc) is 2.87. The maximum absolute atomic E-state index is 11.8. The van der Waals surface area contributed by atoms with Crippen LogP contribution in [-0.2, 0) is 9.53 Å². The molecule has 0 bridgehead atoms. The minimum Gasteiger partial charge on any atom is -0.466 e. The lowest BCUT2D eigenvalue weighted by Gasteiger charge is -2.32. The number of aromatic nitrogens is 2. The lowest BCUT2D eigenvalue weighted by molar-refractivity contribution is -0.148. The second-order valence-corrected chi connectivity index (χ2v) is 6.98. The molecule has 22 heavy (non-hydrogen) atoms. The Morgan fingerprint density at radius 2 is 2.18 bits per heavy atom. The number of nitrogens with zero attached hydrogens (tertiary/aromatic N) is 3. The minimum atomic E-state index is -0.0839. The number of hydrogen-bond donors (Lipinski definition) is 0. The number of rotatable bonds is 3. The first kappa shape index (κ1) is 15.5. The van der Waals surface area contributed by atoms with Gasteiger partial charge in [0.05, 0.1) is 17.9 Å². The number of ether oxygens (including phenoxy) is 1. The van der Waals surface area contributed by atoms with Gasteiger partial charge in [-0.25, -0.2) is 4.98 Å². The molecule has 0 aromatic carbocycles. The van der Waals surface area contributed by atoms with Gasteiger partial charge in [-0.3, -0.25) is 4.79 Å². The molecule has 3 rings (SSSR count). The van der Waals surface area contributed by atoms with E-state index in [0.29, 0.717) is 6.61 Å². The van der Waals surface area contributed by atoms with E-state index >= 15 is 0 Å². The summed E-state index contributed by atoms with van der Waals surface area (Å²) in [4.78, 5) is 24.8. The number of anilines is 1. The second kappa shape index (κ2) is 6.38. The molecule has 3 heterocycles. The molecule has 7 heteroatoms. The largest absolute Gasteiger partial charge is 0.466 e. The lowest BCUT2D eigenvalue weighted by Crippen LogP contribution is -2.37. The topological polar surface area (TPSA) is 55.3 Å². The van der Waals surface area contributed by atoms with Crippen molar-refractivity contribution < 1.29 is 9.53 Å². The standard InChI is InChI=1S/C15H18ClN3O2S/c1-3-21-14(20)10-4-6-19(7-5-10)12-11-8-9(2)22-13(11)18-15(16)17-12/h8,10H,3-7H2,1-2H3. The molecule has 0 N–H and O–H groups in total. The lowest BCUT2D eigenvalue weighted by atomic mass is 9.97. The molecule has 0 atom stereocenters. The van der Waals surface area contributed by atoms with Crippen molar-refractivity contribution in [3.05, 3.63) is 16.2 Å². The van der Waals surface area contributed by atoms with Crippen molar-refractivity contribution >= 4 is 44.9 Å². The summed E-state index contributed by atoms with van der Waals surface area (Å²) in [6, 6.07) is 2.10. The molecule has 0 radical (unpaired) electrons. The number of halogens is 1. The van der Waals surface area contributed by atoms with Gasteiger partial charge in [0.15, 0.2) is 0 Å². The summed E-state index contributed by atoms with van der Waals surface area (Å²) >= 11 is 7.68. The van der Waals surface area contributed by atoms with Gasteiger partial charge in [-0.15, -0.1) is 11.3 Å². The van der Waals surface area contributed by atoms with Crippen LogP contribution in [0.25, 0.3) is 10.2 Å². The Hall–Kier alpha value is -1.40. The zero-order valence-corrected chi connectivity index (χ0v) is 14.2. The molecule has 2 aromatic heterocycles. The van der Waals surface area contributed by atoms with Crippen LogP contribution in [-0.4, -0.2) is 35.6 Å². The van der Waals surface area contributed by atoms with E-state index in [1.165, 1.54) is 4.88 Å². The van der Waals surface area contributed by atoms with Gasteiger partial charge in [0.2, 0.25) is 5.28 Å². The van der Waals surface area contributed by atoms with Crippen molar-refractivity contribution in [2.24, 2.45) is 5.92 Å². The number of aryl methyl sites for hydroxylation is 1. The van der Waals surface area contributed by atoms with Crippen LogP contribution in [0, 0.1) is 12.8 Å². The fraction of sp³-hybridized carbons (Fsp3) is 0.533. The Kier molecular flexibility index (Phi) is 4.49. The summed E-state index contributed by atoms with van der Waals surface area (Å²) in [7, 11) is 0. The summed E-state index contributed by atoms with van der Waals surface area (Å²) in [6.45, 7) is 5.89. The summed E-state index contributed by atoms with van der Waals surface area (Å²) in [5, 5.41) is 1.32. The van der Waals surface area contributed by atoms with E-state index < -0.39 is 0 Å². The van der Waals surface area contributed by atoms with Crippen LogP contribution < -0.4 is 4.90 Å². The van der Waals surface area contributed by atoms with Crippen molar-refractivity contribution in [2.75, 3.05) is 24.6 Å². The van der Waals surface area contributed by atoms with Crippen molar-refractivity contribution in [3.8, 4) is 0 Å². The van der Waals surface area contributed by atoms with Crippen LogP contribution in [0.3, 0.4) is 0 Å². The van der Waals surface area contributed by atoms with Gasteiger partial charge in [-0.2, -0.15) is 4.98 Å². The quantitative estimate of drug-likeness (QED) is 0.633. The van der Waals surface area contributed by atoms with Crippen molar-refractivity contribution in [1.82, 2.24) is 9.97 Å². The first-order valence-corrected chi connectivity index (χ1v) is 8.63. The minimum absolute atomic E-state index is 0.00629. The summed E-state index contributed by atoms with van der Waals surface area (Å²) in [5.74, 6) is 0.786. The van der Waals surface area contributed by atoms with Crippen molar-refractivity contribution in [2.45, 2.75) is 26.7 Å². The summed E-state index contributed by atoms with van der Waals surface area (Å²) < 4.78 is 5.11. The Balaban J connectivity index is 1.80. The number of fused-ring (bicyclic) bond motifs is 1. The van der Waals surface area contributed by atoms with Gasteiger partial charge in [-0.05, 0) is 44.4 Å². The monoisotopic (exact) mass is 339 g/mol. The average molecular weight is 340 g/mol. The second-order valence-electron chi connectivity index (χ2n) is 5.41. The highest BCUT2D eigenvalue weighted by molar-refractivity contribution is 7.18. The first-order valence-electron chi connectivity index (χ1n) is 7.43. The van der Waals surface area contributed by atoms with Gasteiger partial charge in [0.25, 0.3) is 0 Å². The molecule has 0 amide bonds. The van der Waals surface area contributed by atoms with Crippen LogP contribution in [0.2, 0.25) is 5.28 Å². The van der Waals surface area contributed by atoms with Crippen molar-refractivity contribution in [1.29, 1.82) is 0 Å². The number of thiophene rings is 1. The Morgan fingerprint density at radius 3 is 2.86 bits per heavy atom. The third-order valence-corrected chi connectivity index (χ3v) is 5.00. The molecule has 1 aliphatic heterocycles. The van der Waals surface area contributed by atoms with Gasteiger partial charge < -0.3 is 9.64 Å². The zero-order valence-electron chi connectivity index (χ0n) is 12.6. The van der Waals surface area contributed by atoms with Gasteiger partial charge in [0.1, 0.15) is 10.6 Å². The zero-order chi connectivity index (χ0) is 15.7. The summed E-state index contributed by atoms with van der Waals surface area (Å²) in [5.41, 5.74) is 0. The number of hydrogen-bond acceptors (Lipinski definition) is 6. The fourth-order valence-electron chi connectivity index (χ4n) is 2.83. The first-order chi connectivity index (χ1) is 10.6. The molecule has 2 aromatic rings. The predicted octanol–water partition coefficient (Wildman–Crippen LogP) is 3.43. The van der Waals surface area contributed by atoms with E-state index in [0.717, 1.165) is 42.0 Å². The third kappa shape index (κ3) is 3.03. The van der Waals surface area contributed by atoms with Crippen LogP contribution >= 0.6 is 22.9 Å². The van der Waals surface area contributed by atoms with Crippen LogP contribution in [0.15, 0.2) is 6.07 Å². The van der Waals surface area contributed by atoms with Gasteiger partial charge in [-0.1, -0.05) is 0 Å². The molecule has 0 unspecified atom stereocenters. The van der Waals surface area contributed by atoms with Crippen LogP contribution in [0.5, 0.6) is 0 Å². The van der Waals surface area contributed by atoms with E-state index in [1.807, 2.05) is 6.92 Å². The third-order valence-electron chi connectivity index (χ3n) is 3.88. The number of piperidine rings is 1. The van der Waals surface area contributed by atoms with E-state index in [1.54, 1.807) is 11.3 Å². The van der Waals surface area contributed by atoms with E-state index in [-0.39, 0.29) is 17.2 Å². The molecule has 118 valence electrons. The number of carbonyl (C=O) groups excluding carboxylic acids is 1. The van der Waals surface area contributed by atoms with E-state index in [4.69, 9.17) is 16.3 Å². The molecule has 1 fully saturated rings. The van der Waals surface area contributed by atoms with E-state index in [9.17, 15) is 4.79 Å². The molecule has 5 nitrogen and oxygen atoms in total. The highest BCUT2D eigenvalue weighted by atomic mass is 35.5. The Bertz CT molecular complexity index is 695. The summed E-state index contributed by atoms with van der Waals surface area (Å²) in [6.07, 6.45) is 1.57. The highest BCUT2D eigenvalue weighted by Gasteiger charge is 2.27. The number of esters is 1. The van der Waals surface area contributed by atoms with Gasteiger partial charge >= 0.3 is 5.97 Å². The normalized spacial score (nSPS) is 16.2. The van der Waals surface area contributed by atoms with Gasteiger partial charge in [0, 0.05) is 18.0 Å². The Labute approximate surface area is 138 Å². The number of carbonyl (C=O) groups is 1. The molecule has 1 aliphatic rings. The maximum atomic E-state index is 11.8. The fourth-order valence-corrected chi connectivity index (χ4v) is 3.92. The maximum Gasteiger partial charge on any atom is 0.309 e. The molecular formula is C15H18ClN3O2S. The molecule has 0 saturated carbocycles. The smallest absolute Gasteiger partial charge is 0.309 e. The SMILES string of the molecule is CCOC(=O)C1CCN(c2nc(Cl)nc3sc(C)cc23)CC1. The molecule has 0 spiro atoms. The highest BCUT2D eigenvalue weighted by Crippen LogP contribution is 2.33. The predicted molar refractivity (Wildman–Crippen MR) is 88.7 cm³/mol. The molecule has 1 saturated heterocycles.